The number of rotatable bonds is 9. The van der Waals surface area contributed by atoms with E-state index in [1.165, 1.54) is 24.3 Å². The zero-order valence-electron chi connectivity index (χ0n) is 13.9. The van der Waals surface area contributed by atoms with Crippen LogP contribution in [0.5, 0.6) is 0 Å². The summed E-state index contributed by atoms with van der Waals surface area (Å²) in [5.74, 6) is 0. The molecule has 0 aromatic heterocycles. The van der Waals surface area contributed by atoms with Gasteiger partial charge in [-0.05, 0) is 55.4 Å². The van der Waals surface area contributed by atoms with E-state index >= 15 is 0 Å². The first-order valence-corrected chi connectivity index (χ1v) is 10.0. The van der Waals surface area contributed by atoms with E-state index in [1.54, 1.807) is 24.4 Å². The average molecular weight is 372 g/mol. The molecular formula is C16H22NO5S2-. The summed E-state index contributed by atoms with van der Waals surface area (Å²) < 4.78 is 53.2. The van der Waals surface area contributed by atoms with Crippen LogP contribution in [0.4, 0.5) is 0 Å². The van der Waals surface area contributed by atoms with E-state index in [0.29, 0.717) is 0 Å². The molecule has 0 aliphatic rings. The summed E-state index contributed by atoms with van der Waals surface area (Å²) in [5.41, 5.74) is -1.57. The van der Waals surface area contributed by atoms with Gasteiger partial charge in [0.1, 0.15) is 0 Å². The third-order valence-electron chi connectivity index (χ3n) is 3.35. The van der Waals surface area contributed by atoms with E-state index in [-0.39, 0.29) is 9.80 Å². The fourth-order valence-electron chi connectivity index (χ4n) is 2.01. The van der Waals surface area contributed by atoms with Crippen LogP contribution in [-0.4, -0.2) is 47.7 Å². The smallest absolute Gasteiger partial charge is 0.206 e. The molecule has 0 aliphatic carbocycles. The molecule has 6 nitrogen and oxygen atoms in total. The first kappa shape index (κ1) is 20.6. The van der Waals surface area contributed by atoms with Crippen molar-refractivity contribution in [3.8, 4) is 0 Å². The van der Waals surface area contributed by atoms with E-state index < -0.39 is 26.4 Å². The average Bonchev–Trinajstić information content (AvgIpc) is 2.58. The van der Waals surface area contributed by atoms with Gasteiger partial charge in [-0.25, -0.2) is 8.42 Å². The molecule has 8 heteroatoms. The van der Waals surface area contributed by atoms with E-state index in [2.05, 4.69) is 0 Å². The molecule has 0 saturated carbocycles. The highest BCUT2D eigenvalue weighted by molar-refractivity contribution is 7.96. The van der Waals surface area contributed by atoms with Crippen molar-refractivity contribution in [2.24, 2.45) is 0 Å². The molecule has 24 heavy (non-hydrogen) atoms. The van der Waals surface area contributed by atoms with Gasteiger partial charge < -0.3 is 14.2 Å². The predicted octanol–water partition coefficient (Wildman–Crippen LogP) is 2.05. The van der Waals surface area contributed by atoms with Crippen molar-refractivity contribution in [3.63, 3.8) is 0 Å². The molecule has 0 amide bonds. The third kappa shape index (κ3) is 5.27. The fourth-order valence-corrected chi connectivity index (χ4v) is 4.45. The van der Waals surface area contributed by atoms with E-state index in [0.717, 1.165) is 20.2 Å². The van der Waals surface area contributed by atoms with Gasteiger partial charge in [0.15, 0.2) is 5.44 Å². The molecule has 0 radical (unpaired) electrons. The fraction of sp³-hybridized carbons (Fsp3) is 0.375. The lowest BCUT2D eigenvalue weighted by Gasteiger charge is -2.21. The van der Waals surface area contributed by atoms with Crippen LogP contribution in [-0.2, 0) is 25.7 Å². The Morgan fingerprint density at radius 1 is 1.29 bits per heavy atom. The summed E-state index contributed by atoms with van der Waals surface area (Å²) in [7, 11) is -2.84. The van der Waals surface area contributed by atoms with Gasteiger partial charge in [-0.2, -0.15) is 0 Å². The van der Waals surface area contributed by atoms with Crippen molar-refractivity contribution >= 4 is 20.9 Å². The minimum absolute atomic E-state index is 0.0139. The summed E-state index contributed by atoms with van der Waals surface area (Å²) in [6.07, 6.45) is 4.49. The van der Waals surface area contributed by atoms with Crippen LogP contribution in [0, 0.1) is 0 Å². The number of nitrogens with zero attached hydrogens (tertiary/aromatic N) is 1. The number of benzene rings is 1. The molecule has 134 valence electrons. The molecule has 2 atom stereocenters. The molecule has 0 heterocycles. The van der Waals surface area contributed by atoms with Gasteiger partial charge >= 0.3 is 0 Å². The van der Waals surface area contributed by atoms with Crippen LogP contribution in [0.1, 0.15) is 13.8 Å². The molecule has 1 rings (SSSR count). The summed E-state index contributed by atoms with van der Waals surface area (Å²) in [5, 5.41) is 0. The van der Waals surface area contributed by atoms with Gasteiger partial charge in [-0.3, -0.25) is 4.21 Å². The normalized spacial score (nSPS) is 15.4. The molecule has 2 unspecified atom stereocenters. The van der Waals surface area contributed by atoms with Gasteiger partial charge in [0.2, 0.25) is 9.84 Å². The highest BCUT2D eigenvalue weighted by atomic mass is 32.2. The molecule has 0 bridgehead atoms. The van der Waals surface area contributed by atoms with Crippen molar-refractivity contribution < 1.29 is 21.9 Å². The van der Waals surface area contributed by atoms with Crippen LogP contribution < -0.4 is 0 Å². The van der Waals surface area contributed by atoms with Crippen LogP contribution >= 0.6 is 0 Å². The van der Waals surface area contributed by atoms with Crippen molar-refractivity contribution in [2.45, 2.75) is 24.2 Å². The van der Waals surface area contributed by atoms with Crippen molar-refractivity contribution in [1.29, 1.82) is 0 Å². The van der Waals surface area contributed by atoms with Crippen molar-refractivity contribution in [3.05, 3.63) is 53.6 Å². The molecule has 0 N–H and O–H groups in total. The van der Waals surface area contributed by atoms with Crippen molar-refractivity contribution in [1.82, 2.24) is 4.90 Å². The topological polar surface area (TPSA) is 86.7 Å². The Hall–Kier alpha value is -1.48. The second-order valence-electron chi connectivity index (χ2n) is 4.78. The van der Waals surface area contributed by atoms with Gasteiger partial charge in [-0.15, -0.1) is 0 Å². The number of sulfone groups is 1. The molecular weight excluding hydrogens is 350 g/mol. The summed E-state index contributed by atoms with van der Waals surface area (Å²) in [4.78, 5) is 1.63. The molecule has 0 aliphatic heterocycles. The molecule has 0 spiro atoms. The maximum absolute atomic E-state index is 12.8. The van der Waals surface area contributed by atoms with Crippen LogP contribution in [0.15, 0.2) is 58.5 Å². The largest absolute Gasteiger partial charge is 0.770 e. The van der Waals surface area contributed by atoms with Crippen molar-refractivity contribution in [2.75, 3.05) is 20.2 Å². The van der Waals surface area contributed by atoms with Gasteiger partial charge in [0.25, 0.3) is 0 Å². The highest BCUT2D eigenvalue weighted by Gasteiger charge is 2.28. The van der Waals surface area contributed by atoms with Crippen LogP contribution in [0.3, 0.4) is 0 Å². The number of ether oxygens (including phenoxy) is 1. The van der Waals surface area contributed by atoms with Gasteiger partial charge in [-0.1, -0.05) is 18.2 Å². The summed E-state index contributed by atoms with van der Waals surface area (Å²) in [6.45, 7) is 5.43. The minimum atomic E-state index is -4.00. The second kappa shape index (κ2) is 9.73. The van der Waals surface area contributed by atoms with E-state index in [9.17, 15) is 17.2 Å². The summed E-state index contributed by atoms with van der Waals surface area (Å²) in [6, 6.07) is 7.66. The number of hydrogen-bond donors (Lipinski definition) is 0. The maximum Gasteiger partial charge on any atom is 0.206 e. The van der Waals surface area contributed by atoms with E-state index in [1.807, 2.05) is 18.7 Å². The SMILES string of the molecule is CCN(C=CC=C(C(OC)S(=O)[O-])S(=O)(=O)c1ccccc1)CC. The summed E-state index contributed by atoms with van der Waals surface area (Å²) >= 11 is -2.74. The lowest BCUT2D eigenvalue weighted by atomic mass is 10.4. The first-order chi connectivity index (χ1) is 11.4. The molecule has 1 aromatic rings. The predicted molar refractivity (Wildman–Crippen MR) is 93.5 cm³/mol. The van der Waals surface area contributed by atoms with Crippen LogP contribution in [0.2, 0.25) is 0 Å². The Labute approximate surface area is 146 Å². The highest BCUT2D eigenvalue weighted by Crippen LogP contribution is 2.24. The Morgan fingerprint density at radius 2 is 1.88 bits per heavy atom. The number of allylic oxidation sites excluding steroid dienone is 2. The maximum atomic E-state index is 12.8. The first-order valence-electron chi connectivity index (χ1n) is 7.41. The minimum Gasteiger partial charge on any atom is -0.770 e. The Kier molecular flexibility index (Phi) is 8.34. The monoisotopic (exact) mass is 372 g/mol. The molecule has 0 fully saturated rings. The zero-order valence-corrected chi connectivity index (χ0v) is 15.5. The lowest BCUT2D eigenvalue weighted by molar-refractivity contribution is 0.191. The molecule has 1 aromatic carbocycles. The van der Waals surface area contributed by atoms with Gasteiger partial charge in [0.05, 0.1) is 9.80 Å². The lowest BCUT2D eigenvalue weighted by Crippen LogP contribution is -2.25. The van der Waals surface area contributed by atoms with Gasteiger partial charge in [0, 0.05) is 20.2 Å². The quantitative estimate of drug-likeness (QED) is 0.487. The Balaban J connectivity index is 3.36. The Morgan fingerprint density at radius 3 is 2.33 bits per heavy atom. The molecule has 0 saturated heterocycles. The Bertz CT molecular complexity index is 694. The number of hydrogen-bond acceptors (Lipinski definition) is 6. The van der Waals surface area contributed by atoms with Crippen LogP contribution in [0.25, 0.3) is 0 Å². The number of methoxy groups -OCH3 is 1. The third-order valence-corrected chi connectivity index (χ3v) is 6.16. The zero-order chi connectivity index (χ0) is 18.2. The second-order valence-corrected chi connectivity index (χ2v) is 7.68. The standard InChI is InChI=1S/C16H23NO5S2/c1-4-17(5-2)13-9-12-15(16(22-3)23(18)19)24(20,21)14-10-7-6-8-11-14/h6-13,16H,4-5H2,1-3H3,(H,18,19)/p-1. The van der Waals surface area contributed by atoms with E-state index in [4.69, 9.17) is 4.74 Å².